The van der Waals surface area contributed by atoms with Gasteiger partial charge in [0.1, 0.15) is 14.1 Å². The molecule has 107 heavy (non-hydrogen) atoms. The lowest BCUT2D eigenvalue weighted by Crippen LogP contribution is -2.68. The van der Waals surface area contributed by atoms with Crippen molar-refractivity contribution in [3.8, 4) is 0 Å². The highest BCUT2D eigenvalue weighted by atomic mass is 79.9. The zero-order chi connectivity index (χ0) is 75.9. The van der Waals surface area contributed by atoms with Crippen LogP contribution in [0.5, 0.6) is 0 Å². The summed E-state index contributed by atoms with van der Waals surface area (Å²) in [7, 11) is -5.70. The van der Waals surface area contributed by atoms with Crippen molar-refractivity contribution in [3.05, 3.63) is 316 Å². The molecule has 8 aromatic rings. The van der Waals surface area contributed by atoms with Crippen molar-refractivity contribution in [1.82, 2.24) is 4.90 Å². The maximum atomic E-state index is 12.4. The molecule has 19 nitrogen and oxygen atoms in total. The number of fused-ring (bicyclic) bond motifs is 6. The van der Waals surface area contributed by atoms with E-state index in [4.69, 9.17) is 37.3 Å². The average molecular weight is 1620 g/mol. The molecule has 6 aliphatic rings. The number of benzene rings is 8. The number of allylic oxidation sites excluding steroid dienone is 8. The van der Waals surface area contributed by atoms with Crippen molar-refractivity contribution in [2.45, 2.75) is 118 Å². The van der Waals surface area contributed by atoms with Crippen LogP contribution in [-0.4, -0.2) is 82.1 Å². The summed E-state index contributed by atoms with van der Waals surface area (Å²) >= 11 is 7.26. The molecule has 0 atom stereocenters. The Kier molecular flexibility index (Phi) is 24.3. The molecule has 8 aromatic carbocycles. The van der Waals surface area contributed by atoms with Crippen molar-refractivity contribution in [3.63, 3.8) is 0 Å². The molecule has 14 rings (SSSR count). The summed E-state index contributed by atoms with van der Waals surface area (Å²) in [5, 5.41) is 24.8. The monoisotopic (exact) mass is 1610 g/mol. The van der Waals surface area contributed by atoms with Gasteiger partial charge in [0.15, 0.2) is 11.4 Å². The zero-order valence-corrected chi connectivity index (χ0v) is 64.6. The van der Waals surface area contributed by atoms with Gasteiger partial charge in [0, 0.05) is 83.1 Å². The smallest absolute Gasteiger partial charge is 0.290 e. The molecule has 2 aliphatic carbocycles. The Hall–Kier alpha value is -8.36. The Bertz CT molecular complexity index is 4360. The molecule has 2 spiro atoms. The minimum Gasteiger partial charge on any atom is -0.343 e. The third-order valence-corrected chi connectivity index (χ3v) is 23.8. The van der Waals surface area contributed by atoms with Gasteiger partial charge in [-0.25, -0.2) is 37.3 Å². The maximum Gasteiger partial charge on any atom is 0.290 e. The van der Waals surface area contributed by atoms with Gasteiger partial charge in [0.05, 0.1) is 41.8 Å². The molecule has 0 amide bonds. The van der Waals surface area contributed by atoms with E-state index in [1.165, 1.54) is 91.5 Å². The second-order valence-corrected chi connectivity index (χ2v) is 31.7. The summed E-state index contributed by atoms with van der Waals surface area (Å²) in [6.45, 7) is 6.28. The SMILES string of the molecule is CCN(CCN1C(=CC=CC2=[N+](C)c3cc([N+](=O)[O-])c(Br)cc3C23CCCCC3)C(Cc2ccccc2)(Cc2ccccc2)c2ccccc21)CCN1C(=CC=CC2=[N+](C)c3cc([N+](=O)[O-])c(Br)cc3C23CCCCC3)C(Cc2ccccc2)(Cc2ccccc2)c2ccccc21.[O-][Cl+3]([O-])([O-])[O-].[O-][Cl+3]([O-])([O-])[O-]. The quantitative estimate of drug-likeness (QED) is 0.0367. The van der Waals surface area contributed by atoms with Crippen molar-refractivity contribution < 1.29 is 76.8 Å². The molecule has 0 bridgehead atoms. The van der Waals surface area contributed by atoms with E-state index in [1.54, 1.807) is 12.1 Å². The van der Waals surface area contributed by atoms with Crippen LogP contribution in [0.25, 0.3) is 0 Å². The summed E-state index contributed by atoms with van der Waals surface area (Å²) < 4.78 is 73.5. The van der Waals surface area contributed by atoms with Crippen molar-refractivity contribution in [2.24, 2.45) is 0 Å². The fourth-order valence-corrected chi connectivity index (χ4v) is 19.0. The number of para-hydroxylation sites is 2. The van der Waals surface area contributed by atoms with E-state index < -0.39 is 31.3 Å². The van der Waals surface area contributed by atoms with Gasteiger partial charge in [-0.1, -0.05) is 215 Å². The predicted molar refractivity (Wildman–Crippen MR) is 401 cm³/mol. The van der Waals surface area contributed by atoms with Crippen LogP contribution in [0.15, 0.2) is 251 Å². The molecule has 556 valence electrons. The minimum absolute atomic E-state index is 0.0867. The lowest BCUT2D eigenvalue weighted by molar-refractivity contribution is -2.00. The van der Waals surface area contributed by atoms with Crippen LogP contribution in [0.3, 0.4) is 0 Å². The Labute approximate surface area is 645 Å². The first-order valence-electron chi connectivity index (χ1n) is 36.1. The maximum absolute atomic E-state index is 12.4. The first-order chi connectivity index (χ1) is 51.3. The van der Waals surface area contributed by atoms with Gasteiger partial charge < -0.3 is 14.7 Å². The van der Waals surface area contributed by atoms with Gasteiger partial charge >= 0.3 is 0 Å². The summed E-state index contributed by atoms with van der Waals surface area (Å²) in [4.78, 5) is 32.2. The van der Waals surface area contributed by atoms with E-state index >= 15 is 0 Å². The van der Waals surface area contributed by atoms with Gasteiger partial charge in [-0.3, -0.25) is 20.2 Å². The molecular formula is C84H85Br2Cl2N7O12. The summed E-state index contributed by atoms with van der Waals surface area (Å²) in [6, 6.07) is 70.0. The lowest BCUT2D eigenvalue weighted by atomic mass is 9.67. The van der Waals surface area contributed by atoms with Gasteiger partial charge in [0.2, 0.25) is 11.4 Å². The number of likely N-dealkylation sites (N-methyl/N-ethyl adjacent to an activating group) is 1. The molecule has 0 radical (unpaired) electrons. The third kappa shape index (κ3) is 16.9. The molecule has 0 N–H and O–H groups in total. The molecule has 2 fully saturated rings. The fourth-order valence-electron chi connectivity index (χ4n) is 18.1. The van der Waals surface area contributed by atoms with Crippen LogP contribution in [0.1, 0.15) is 116 Å². The standard InChI is InChI=1S/C84H85Br2N7O4.2ClHO4/c1-4-89(49-51-90-71-39-21-19-37-65(71)83(57-61-29-11-5-12-30-61,58-62-31-13-6-14-32-62)79(90)43-27-41-77-81(45-23-9-24-46-81)67-53-69(85)75(92(94)95)55-73(67)87(77)2)50-52-91-72-40-22-20-38-66(72)84(59-63-33-15-7-16-34-63,60-64-35-17-8-18-36-64)80(91)44-28-42-78-82(47-25-10-26-48-82)68-54-70(86)76(93(96)97)56-74(68)88(78)3;2*2-1(3,4)5/h5-8,11-22,27-44,53-56H,4,9-10,23-26,45-52,57-60H2,1-3H3;2*(H,2,3,4,5)/q+2;;/p-2. The largest absolute Gasteiger partial charge is 0.343 e. The number of anilines is 2. The molecule has 0 saturated heterocycles. The van der Waals surface area contributed by atoms with Gasteiger partial charge in [-0.2, -0.15) is 9.15 Å². The number of nitro benzene ring substituents is 2. The highest BCUT2D eigenvalue weighted by molar-refractivity contribution is 9.11. The van der Waals surface area contributed by atoms with Gasteiger partial charge in [-0.15, -0.1) is 20.5 Å². The second-order valence-electron chi connectivity index (χ2n) is 28.5. The first kappa shape index (κ1) is 78.2. The number of halogens is 4. The van der Waals surface area contributed by atoms with E-state index in [0.29, 0.717) is 8.95 Å². The molecule has 2 saturated carbocycles. The minimum atomic E-state index is -4.94. The van der Waals surface area contributed by atoms with Gasteiger partial charge in [-0.05, 0) is 160 Å². The number of hydrogen-bond acceptors (Lipinski definition) is 15. The summed E-state index contributed by atoms with van der Waals surface area (Å²) in [6.07, 6.45) is 28.0. The van der Waals surface area contributed by atoms with Crippen LogP contribution in [0.2, 0.25) is 0 Å². The molecule has 23 heteroatoms. The number of nitrogens with zero attached hydrogens (tertiary/aromatic N) is 7. The van der Waals surface area contributed by atoms with Crippen molar-refractivity contribution in [2.75, 3.05) is 56.6 Å². The van der Waals surface area contributed by atoms with Crippen LogP contribution in [0.4, 0.5) is 34.1 Å². The fraction of sp³-hybridized carbons (Fsp3) is 0.310. The average Bonchev–Trinajstić information content (AvgIpc) is 1.59. The molecular weight excluding hydrogens is 1530 g/mol. The van der Waals surface area contributed by atoms with Crippen LogP contribution in [-0.2, 0) is 47.3 Å². The van der Waals surface area contributed by atoms with Crippen molar-refractivity contribution >= 4 is 77.4 Å². The molecule has 0 unspecified atom stereocenters. The summed E-state index contributed by atoms with van der Waals surface area (Å²) in [5.74, 6) is 0. The summed E-state index contributed by atoms with van der Waals surface area (Å²) in [5.41, 5.74) is 18.1. The van der Waals surface area contributed by atoms with E-state index in [1.807, 2.05) is 12.1 Å². The van der Waals surface area contributed by atoms with E-state index in [0.717, 1.165) is 121 Å². The molecule has 4 aliphatic heterocycles. The number of hydrogen-bond donors (Lipinski definition) is 0. The molecule has 0 aromatic heterocycles. The number of rotatable bonds is 21. The Balaban J connectivity index is 0.00000101. The first-order valence-corrected chi connectivity index (χ1v) is 40.2. The van der Waals surface area contributed by atoms with Crippen LogP contribution >= 0.6 is 31.9 Å². The van der Waals surface area contributed by atoms with Crippen molar-refractivity contribution in [1.29, 1.82) is 0 Å². The van der Waals surface area contributed by atoms with E-state index in [2.05, 4.69) is 283 Å². The Morgan fingerprint density at radius 2 is 0.748 bits per heavy atom. The van der Waals surface area contributed by atoms with Gasteiger partial charge in [0.25, 0.3) is 11.4 Å². The predicted octanol–water partition coefficient (Wildman–Crippen LogP) is 9.77. The van der Waals surface area contributed by atoms with Crippen LogP contribution < -0.4 is 47.1 Å². The van der Waals surface area contributed by atoms with E-state index in [9.17, 15) is 20.2 Å². The zero-order valence-electron chi connectivity index (χ0n) is 59.9. The second kappa shape index (κ2) is 33.2. The highest BCUT2D eigenvalue weighted by Crippen LogP contribution is 2.56. The van der Waals surface area contributed by atoms with E-state index in [-0.39, 0.29) is 32.1 Å². The topological polar surface area (TPSA) is 286 Å². The third-order valence-electron chi connectivity index (χ3n) is 22.5. The highest BCUT2D eigenvalue weighted by Gasteiger charge is 2.54. The Morgan fingerprint density at radius 1 is 0.449 bits per heavy atom. The van der Waals surface area contributed by atoms with Crippen LogP contribution in [0, 0.1) is 40.7 Å². The Morgan fingerprint density at radius 3 is 1.05 bits per heavy atom. The lowest BCUT2D eigenvalue weighted by Gasteiger charge is -2.36. The normalized spacial score (nSPS) is 18.1. The number of nitro groups is 2. The molecule has 4 heterocycles.